The van der Waals surface area contributed by atoms with E-state index in [1.54, 1.807) is 0 Å². The number of nitrogens with two attached hydrogens (primary N) is 1. The number of aliphatic imine (C=N–C) groups is 1. The molecule has 0 amide bonds. The second-order valence-electron chi connectivity index (χ2n) is 6.37. The molecule has 0 atom stereocenters. The monoisotopic (exact) mass is 378 g/mol. The number of rotatable bonds is 2. The van der Waals surface area contributed by atoms with E-state index in [9.17, 15) is 4.79 Å². The summed E-state index contributed by atoms with van der Waals surface area (Å²) >= 11 is 6.12. The first kappa shape index (κ1) is 18.4. The fourth-order valence-electron chi connectivity index (χ4n) is 2.92. The molecule has 1 fully saturated rings. The highest BCUT2D eigenvalue weighted by Crippen LogP contribution is 2.22. The molecule has 0 saturated heterocycles. The molecule has 1 aromatic rings. The first-order valence-electron chi connectivity index (χ1n) is 8.75. The number of nitrogens with zero attached hydrogens (tertiary/aromatic N) is 3. The Morgan fingerprint density at radius 2 is 2.19 bits per heavy atom. The zero-order valence-electron chi connectivity index (χ0n) is 14.7. The number of fused-ring (bicyclic) bond motifs is 2. The summed E-state index contributed by atoms with van der Waals surface area (Å²) in [5, 5.41) is 6.71. The number of Topliss-reactive ketones (excluding diaryl/α,β-unsaturated/α-hetero) is 1. The molecule has 0 radical (unpaired) electrons. The molecule has 8 nitrogen and oxygen atoms in total. The van der Waals surface area contributed by atoms with Crippen molar-refractivity contribution in [2.24, 2.45) is 10.7 Å². The van der Waals surface area contributed by atoms with E-state index in [2.05, 4.69) is 20.6 Å². The second kappa shape index (κ2) is 8.35. The number of anilines is 2. The molecule has 1 aromatic heterocycles. The Bertz CT molecular complexity index is 739. The minimum atomic E-state index is 0.108. The maximum Gasteiger partial charge on any atom is 0.229 e. The quantitative estimate of drug-likeness (QED) is 0.677. The van der Waals surface area contributed by atoms with E-state index in [1.165, 1.54) is 6.20 Å². The van der Waals surface area contributed by atoms with Crippen molar-refractivity contribution in [1.82, 2.24) is 9.97 Å². The minimum absolute atomic E-state index is 0.108. The Labute approximate surface area is 157 Å². The van der Waals surface area contributed by atoms with Gasteiger partial charge in [0.15, 0.2) is 5.82 Å². The summed E-state index contributed by atoms with van der Waals surface area (Å²) in [5.41, 5.74) is 7.38. The van der Waals surface area contributed by atoms with E-state index < -0.39 is 0 Å². The molecular weight excluding hydrogens is 356 g/mol. The molecule has 4 N–H and O–H groups in total. The number of hydrogen-bond acceptors (Lipinski definition) is 8. The number of aromatic nitrogens is 2. The smallest absolute Gasteiger partial charge is 0.229 e. The summed E-state index contributed by atoms with van der Waals surface area (Å²) in [6.45, 7) is 2.97. The van der Waals surface area contributed by atoms with Gasteiger partial charge in [0.05, 0.1) is 24.6 Å². The van der Waals surface area contributed by atoms with Crippen molar-refractivity contribution in [1.29, 1.82) is 0 Å². The van der Waals surface area contributed by atoms with Crippen molar-refractivity contribution in [3.63, 3.8) is 0 Å². The van der Waals surface area contributed by atoms with Gasteiger partial charge in [-0.2, -0.15) is 4.98 Å². The molecule has 2 aliphatic rings. The van der Waals surface area contributed by atoms with Crippen molar-refractivity contribution in [2.45, 2.75) is 45.1 Å². The van der Waals surface area contributed by atoms with Gasteiger partial charge in [-0.1, -0.05) is 11.6 Å². The lowest BCUT2D eigenvalue weighted by Crippen LogP contribution is -2.23. The first-order chi connectivity index (χ1) is 12.5. The van der Waals surface area contributed by atoms with Gasteiger partial charge in [0.25, 0.3) is 0 Å². The predicted molar refractivity (Wildman–Crippen MR) is 101 cm³/mol. The van der Waals surface area contributed by atoms with Crippen LogP contribution in [0.2, 0.25) is 5.02 Å². The van der Waals surface area contributed by atoms with Gasteiger partial charge in [-0.3, -0.25) is 9.79 Å². The van der Waals surface area contributed by atoms with Gasteiger partial charge in [-0.05, 0) is 26.2 Å². The van der Waals surface area contributed by atoms with Crippen LogP contribution in [0.1, 0.15) is 39.0 Å². The zero-order valence-corrected chi connectivity index (χ0v) is 15.5. The highest BCUT2D eigenvalue weighted by Gasteiger charge is 2.20. The van der Waals surface area contributed by atoms with Crippen molar-refractivity contribution in [2.75, 3.05) is 23.8 Å². The van der Waals surface area contributed by atoms with Crippen LogP contribution in [0.3, 0.4) is 0 Å². The predicted octanol–water partition coefficient (Wildman–Crippen LogP) is 2.47. The molecule has 0 unspecified atom stereocenters. The molecule has 1 saturated carbocycles. The van der Waals surface area contributed by atoms with Gasteiger partial charge in [0, 0.05) is 19.4 Å². The Morgan fingerprint density at radius 1 is 1.42 bits per heavy atom. The van der Waals surface area contributed by atoms with Crippen LogP contribution in [-0.2, 0) is 9.53 Å². The SMILES string of the molecule is CC(=NC1CCC(=O)CC1)C1=C(N)OCCCNc2nc(ncc2Cl)N1. The van der Waals surface area contributed by atoms with Crippen LogP contribution in [0, 0.1) is 0 Å². The summed E-state index contributed by atoms with van der Waals surface area (Å²) in [6, 6.07) is 0.108. The van der Waals surface area contributed by atoms with Gasteiger partial charge in [0.1, 0.15) is 16.5 Å². The van der Waals surface area contributed by atoms with Crippen molar-refractivity contribution < 1.29 is 9.53 Å². The largest absolute Gasteiger partial charge is 0.478 e. The van der Waals surface area contributed by atoms with E-state index in [4.69, 9.17) is 27.1 Å². The normalized spacial score (nSPS) is 19.9. The average molecular weight is 379 g/mol. The van der Waals surface area contributed by atoms with Gasteiger partial charge in [-0.25, -0.2) is 4.98 Å². The number of halogens is 1. The lowest BCUT2D eigenvalue weighted by molar-refractivity contribution is -0.120. The number of ketones is 1. The third-order valence-electron chi connectivity index (χ3n) is 4.35. The molecule has 0 spiro atoms. The van der Waals surface area contributed by atoms with Crippen LogP contribution >= 0.6 is 11.6 Å². The molecule has 3 rings (SSSR count). The summed E-state index contributed by atoms with van der Waals surface area (Å²) in [7, 11) is 0. The molecule has 1 aliphatic carbocycles. The van der Waals surface area contributed by atoms with Crippen molar-refractivity contribution in [3.8, 4) is 0 Å². The Hall–Kier alpha value is -2.35. The van der Waals surface area contributed by atoms with E-state index >= 15 is 0 Å². The maximum atomic E-state index is 11.4. The summed E-state index contributed by atoms with van der Waals surface area (Å²) in [6.07, 6.45) is 4.95. The van der Waals surface area contributed by atoms with E-state index in [0.29, 0.717) is 60.0 Å². The molecule has 0 aromatic carbocycles. The van der Waals surface area contributed by atoms with E-state index in [1.807, 2.05) is 6.92 Å². The van der Waals surface area contributed by atoms with Gasteiger partial charge in [-0.15, -0.1) is 0 Å². The molecular formula is C17H23ClN6O2. The molecule has 140 valence electrons. The molecule has 2 heterocycles. The Balaban J connectivity index is 1.87. The fourth-order valence-corrected chi connectivity index (χ4v) is 3.08. The minimum Gasteiger partial charge on any atom is -0.478 e. The number of ether oxygens (including phenoxy) is 1. The maximum absolute atomic E-state index is 11.4. The van der Waals surface area contributed by atoms with Gasteiger partial charge >= 0.3 is 0 Å². The lowest BCUT2D eigenvalue weighted by Gasteiger charge is -2.19. The number of nitrogens with one attached hydrogen (secondary N) is 2. The van der Waals surface area contributed by atoms with Crippen LogP contribution in [0.4, 0.5) is 11.8 Å². The highest BCUT2D eigenvalue weighted by atomic mass is 35.5. The lowest BCUT2D eigenvalue weighted by atomic mass is 9.95. The van der Waals surface area contributed by atoms with E-state index in [0.717, 1.165) is 19.3 Å². The Morgan fingerprint density at radius 3 is 2.96 bits per heavy atom. The number of carbonyl (C=O) groups is 1. The van der Waals surface area contributed by atoms with E-state index in [-0.39, 0.29) is 11.9 Å². The second-order valence-corrected chi connectivity index (χ2v) is 6.77. The topological polar surface area (TPSA) is 115 Å². The molecule has 9 heteroatoms. The van der Waals surface area contributed by atoms with Crippen molar-refractivity contribution >= 4 is 34.9 Å². The van der Waals surface area contributed by atoms with Crippen molar-refractivity contribution in [3.05, 3.63) is 22.8 Å². The molecule has 26 heavy (non-hydrogen) atoms. The molecule has 2 bridgehead atoms. The number of allylic oxidation sites excluding steroid dienone is 1. The standard InChI is InChI=1S/C17H23ClN6O2/c1-10(22-11-3-5-12(25)6-4-11)14-15(19)26-8-2-7-20-16-13(18)9-21-17(23-14)24-16/h9,11H,2-8,19H2,1H3,(H2,20,21,23,24). The third kappa shape index (κ3) is 4.63. The average Bonchev–Trinajstić information content (AvgIpc) is 2.65. The molecule has 1 aliphatic heterocycles. The van der Waals surface area contributed by atoms with Crippen LogP contribution in [0.5, 0.6) is 0 Å². The highest BCUT2D eigenvalue weighted by molar-refractivity contribution is 6.32. The van der Waals surface area contributed by atoms with Crippen LogP contribution in [0.25, 0.3) is 0 Å². The third-order valence-corrected chi connectivity index (χ3v) is 4.63. The summed E-state index contributed by atoms with van der Waals surface area (Å²) in [5.74, 6) is 1.47. The Kier molecular flexibility index (Phi) is 5.92. The number of hydrogen-bond donors (Lipinski definition) is 3. The first-order valence-corrected chi connectivity index (χ1v) is 9.13. The summed E-state index contributed by atoms with van der Waals surface area (Å²) in [4.78, 5) is 24.7. The van der Waals surface area contributed by atoms with Crippen LogP contribution in [-0.4, -0.2) is 40.7 Å². The van der Waals surface area contributed by atoms with Gasteiger partial charge < -0.3 is 21.1 Å². The van der Waals surface area contributed by atoms with Gasteiger partial charge in [0.2, 0.25) is 11.8 Å². The van der Waals surface area contributed by atoms with Crippen LogP contribution in [0.15, 0.2) is 22.8 Å². The number of carbonyl (C=O) groups excluding carboxylic acids is 1. The fraction of sp³-hybridized carbons (Fsp3) is 0.529. The van der Waals surface area contributed by atoms with Crippen LogP contribution < -0.4 is 16.4 Å². The summed E-state index contributed by atoms with van der Waals surface area (Å²) < 4.78 is 5.65. The zero-order chi connectivity index (χ0) is 18.5.